The van der Waals surface area contributed by atoms with Crippen LogP contribution in [0.25, 0.3) is 0 Å². The fraction of sp³-hybridized carbons (Fsp3) is 0.765. The molecular weight excluding hydrogens is 431 g/mol. The molecule has 1 saturated carbocycles. The number of rotatable bonds is 6. The molecule has 1 aliphatic carbocycles. The van der Waals surface area contributed by atoms with E-state index in [1.165, 1.54) is 12.8 Å². The number of hydrogen-bond acceptors (Lipinski definition) is 4. The number of ether oxygens (including phenoxy) is 1. The molecule has 142 valence electrons. The number of halogens is 1. The van der Waals surface area contributed by atoms with Crippen LogP contribution in [0.3, 0.4) is 0 Å². The van der Waals surface area contributed by atoms with E-state index in [1.54, 1.807) is 0 Å². The van der Waals surface area contributed by atoms with Crippen LogP contribution in [0.1, 0.15) is 31.4 Å². The van der Waals surface area contributed by atoms with Gasteiger partial charge in [-0.2, -0.15) is 5.10 Å². The van der Waals surface area contributed by atoms with Crippen molar-refractivity contribution in [1.29, 1.82) is 0 Å². The number of nitrogens with zero attached hydrogens (tertiary/aromatic N) is 5. The van der Waals surface area contributed by atoms with Gasteiger partial charge in [0.1, 0.15) is 6.10 Å². The molecule has 1 aliphatic heterocycles. The highest BCUT2D eigenvalue weighted by Gasteiger charge is 2.28. The minimum absolute atomic E-state index is 0. The number of morpholine rings is 1. The Bertz CT molecular complexity index is 559. The van der Waals surface area contributed by atoms with Crippen LogP contribution in [0.15, 0.2) is 17.4 Å². The van der Waals surface area contributed by atoms with Crippen molar-refractivity contribution in [3.05, 3.63) is 18.0 Å². The summed E-state index contributed by atoms with van der Waals surface area (Å²) in [6, 6.07) is 0.817. The molecule has 0 radical (unpaired) electrons. The average molecular weight is 462 g/mol. The first-order valence-electron chi connectivity index (χ1n) is 9.01. The SMILES string of the molecule is CCN(CCNC(=NC)N1CCOC(c2cnn(C)c2)C1)C1CC1.I. The normalized spacial score (nSPS) is 21.4. The van der Waals surface area contributed by atoms with Gasteiger partial charge >= 0.3 is 0 Å². The summed E-state index contributed by atoms with van der Waals surface area (Å²) in [5.41, 5.74) is 1.13. The summed E-state index contributed by atoms with van der Waals surface area (Å²) in [7, 11) is 3.79. The van der Waals surface area contributed by atoms with Gasteiger partial charge in [0, 0.05) is 51.5 Å². The van der Waals surface area contributed by atoms with E-state index in [1.807, 2.05) is 31.2 Å². The number of likely N-dealkylation sites (N-methyl/N-ethyl adjacent to an activating group) is 1. The highest BCUT2D eigenvalue weighted by atomic mass is 127. The van der Waals surface area contributed by atoms with E-state index in [9.17, 15) is 0 Å². The van der Waals surface area contributed by atoms with Gasteiger partial charge < -0.3 is 15.0 Å². The number of aromatic nitrogens is 2. The summed E-state index contributed by atoms with van der Waals surface area (Å²) in [5.74, 6) is 0.971. The third kappa shape index (κ3) is 5.55. The maximum absolute atomic E-state index is 5.92. The zero-order valence-electron chi connectivity index (χ0n) is 15.5. The summed E-state index contributed by atoms with van der Waals surface area (Å²) >= 11 is 0. The Hall–Kier alpha value is -0.870. The van der Waals surface area contributed by atoms with Gasteiger partial charge in [0.15, 0.2) is 5.96 Å². The Morgan fingerprint density at radius 2 is 2.28 bits per heavy atom. The van der Waals surface area contributed by atoms with E-state index in [2.05, 4.69) is 32.1 Å². The monoisotopic (exact) mass is 462 g/mol. The summed E-state index contributed by atoms with van der Waals surface area (Å²) in [5, 5.41) is 7.77. The van der Waals surface area contributed by atoms with E-state index >= 15 is 0 Å². The molecule has 1 atom stereocenters. The van der Waals surface area contributed by atoms with Crippen molar-refractivity contribution >= 4 is 29.9 Å². The van der Waals surface area contributed by atoms with E-state index in [0.717, 1.165) is 50.3 Å². The summed E-state index contributed by atoms with van der Waals surface area (Å²) in [6.45, 7) is 7.78. The fourth-order valence-corrected chi connectivity index (χ4v) is 3.33. The maximum atomic E-state index is 5.92. The molecule has 0 aromatic carbocycles. The van der Waals surface area contributed by atoms with Gasteiger partial charge in [-0.1, -0.05) is 6.92 Å². The Labute approximate surface area is 167 Å². The van der Waals surface area contributed by atoms with Gasteiger partial charge in [0.25, 0.3) is 0 Å². The zero-order chi connectivity index (χ0) is 16.9. The molecule has 8 heteroatoms. The van der Waals surface area contributed by atoms with Crippen LogP contribution in [0.4, 0.5) is 0 Å². The zero-order valence-corrected chi connectivity index (χ0v) is 17.8. The Balaban J connectivity index is 0.00000225. The second-order valence-corrected chi connectivity index (χ2v) is 6.59. The predicted octanol–water partition coefficient (Wildman–Crippen LogP) is 1.47. The highest BCUT2D eigenvalue weighted by Crippen LogP contribution is 2.26. The van der Waals surface area contributed by atoms with Crippen LogP contribution < -0.4 is 5.32 Å². The number of hydrogen-bond donors (Lipinski definition) is 1. The van der Waals surface area contributed by atoms with Crippen LogP contribution in [0, 0.1) is 0 Å². The smallest absolute Gasteiger partial charge is 0.193 e. The molecule has 2 fully saturated rings. The van der Waals surface area contributed by atoms with Crippen molar-refractivity contribution in [1.82, 2.24) is 24.9 Å². The van der Waals surface area contributed by atoms with Crippen LogP contribution in [-0.2, 0) is 11.8 Å². The Kier molecular flexibility index (Phi) is 7.95. The fourth-order valence-electron chi connectivity index (χ4n) is 3.33. The molecule has 2 heterocycles. The number of aryl methyl sites for hydroxylation is 1. The molecule has 0 amide bonds. The average Bonchev–Trinajstić information content (AvgIpc) is 3.35. The molecule has 25 heavy (non-hydrogen) atoms. The minimum atomic E-state index is 0. The molecular formula is C17H31IN6O. The lowest BCUT2D eigenvalue weighted by atomic mass is 10.1. The molecule has 0 bridgehead atoms. The largest absolute Gasteiger partial charge is 0.370 e. The molecule has 1 unspecified atom stereocenters. The lowest BCUT2D eigenvalue weighted by Gasteiger charge is -2.35. The van der Waals surface area contributed by atoms with Crippen molar-refractivity contribution in [2.24, 2.45) is 12.0 Å². The van der Waals surface area contributed by atoms with Crippen molar-refractivity contribution in [2.75, 3.05) is 46.4 Å². The van der Waals surface area contributed by atoms with Crippen LogP contribution in [0.5, 0.6) is 0 Å². The van der Waals surface area contributed by atoms with Gasteiger partial charge in [-0.3, -0.25) is 14.6 Å². The van der Waals surface area contributed by atoms with Crippen molar-refractivity contribution < 1.29 is 4.74 Å². The third-order valence-corrected chi connectivity index (χ3v) is 4.83. The minimum Gasteiger partial charge on any atom is -0.370 e. The number of guanidine groups is 1. The molecule has 2 aliphatic rings. The standard InChI is InChI=1S/C17H30N6O.HI/c1-4-22(15-5-6-15)8-7-19-17(18-2)23-9-10-24-16(13-23)14-11-20-21(3)12-14;/h11-12,15-16H,4-10,13H2,1-3H3,(H,18,19);1H. The van der Waals surface area contributed by atoms with Crippen molar-refractivity contribution in [3.8, 4) is 0 Å². The maximum Gasteiger partial charge on any atom is 0.193 e. The molecule has 1 saturated heterocycles. The lowest BCUT2D eigenvalue weighted by Crippen LogP contribution is -2.49. The van der Waals surface area contributed by atoms with Crippen LogP contribution in [-0.4, -0.2) is 78.0 Å². The van der Waals surface area contributed by atoms with Gasteiger partial charge in [0.05, 0.1) is 19.3 Å². The first kappa shape index (κ1) is 20.4. The van der Waals surface area contributed by atoms with Crippen LogP contribution in [0.2, 0.25) is 0 Å². The highest BCUT2D eigenvalue weighted by molar-refractivity contribution is 14.0. The molecule has 3 rings (SSSR count). The molecule has 1 aromatic rings. The topological polar surface area (TPSA) is 57.9 Å². The lowest BCUT2D eigenvalue weighted by molar-refractivity contribution is -0.00805. The van der Waals surface area contributed by atoms with E-state index in [-0.39, 0.29) is 30.1 Å². The second kappa shape index (κ2) is 9.72. The van der Waals surface area contributed by atoms with E-state index in [0.29, 0.717) is 6.61 Å². The molecule has 7 nitrogen and oxygen atoms in total. The van der Waals surface area contributed by atoms with E-state index < -0.39 is 0 Å². The Morgan fingerprint density at radius 3 is 2.88 bits per heavy atom. The van der Waals surface area contributed by atoms with Crippen LogP contribution >= 0.6 is 24.0 Å². The first-order valence-corrected chi connectivity index (χ1v) is 9.01. The predicted molar refractivity (Wildman–Crippen MR) is 111 cm³/mol. The number of aliphatic imine (C=N–C) groups is 1. The summed E-state index contributed by atoms with van der Waals surface area (Å²) in [6.07, 6.45) is 6.69. The quantitative estimate of drug-likeness (QED) is 0.394. The second-order valence-electron chi connectivity index (χ2n) is 6.59. The first-order chi connectivity index (χ1) is 11.7. The Morgan fingerprint density at radius 1 is 1.48 bits per heavy atom. The van der Waals surface area contributed by atoms with Gasteiger partial charge in [-0.05, 0) is 19.4 Å². The van der Waals surface area contributed by atoms with Gasteiger partial charge in [-0.25, -0.2) is 0 Å². The van der Waals surface area contributed by atoms with Crippen molar-refractivity contribution in [2.45, 2.75) is 31.9 Å². The van der Waals surface area contributed by atoms with E-state index in [4.69, 9.17) is 4.74 Å². The van der Waals surface area contributed by atoms with Gasteiger partial charge in [-0.15, -0.1) is 24.0 Å². The summed E-state index contributed by atoms with van der Waals surface area (Å²) < 4.78 is 7.74. The number of nitrogens with one attached hydrogen (secondary N) is 1. The summed E-state index contributed by atoms with van der Waals surface area (Å²) in [4.78, 5) is 9.30. The van der Waals surface area contributed by atoms with Crippen molar-refractivity contribution in [3.63, 3.8) is 0 Å². The molecule has 1 N–H and O–H groups in total. The third-order valence-electron chi connectivity index (χ3n) is 4.83. The van der Waals surface area contributed by atoms with Gasteiger partial charge in [0.2, 0.25) is 0 Å². The molecule has 0 spiro atoms. The molecule has 1 aromatic heterocycles.